The molecule has 6 heteroatoms. The van der Waals surface area contributed by atoms with Crippen molar-refractivity contribution in [2.75, 3.05) is 17.7 Å². The van der Waals surface area contributed by atoms with Crippen LogP contribution in [0.3, 0.4) is 0 Å². The lowest BCUT2D eigenvalue weighted by molar-refractivity contribution is -0.143. The Labute approximate surface area is 113 Å². The van der Waals surface area contributed by atoms with Crippen LogP contribution in [0.2, 0.25) is 0 Å². The van der Waals surface area contributed by atoms with Crippen LogP contribution in [0, 0.1) is 9.39 Å². The Morgan fingerprint density at radius 3 is 2.88 bits per heavy atom. The third-order valence-electron chi connectivity index (χ3n) is 2.10. The van der Waals surface area contributed by atoms with Crippen LogP contribution in [0.25, 0.3) is 0 Å². The summed E-state index contributed by atoms with van der Waals surface area (Å²) in [6.07, 6.45) is 0. The predicted octanol–water partition coefficient (Wildman–Crippen LogP) is 2.38. The summed E-state index contributed by atoms with van der Waals surface area (Å²) in [4.78, 5) is 11.4. The summed E-state index contributed by atoms with van der Waals surface area (Å²) in [7, 11) is 0. The Bertz CT molecular complexity index is 426. The molecule has 0 saturated carbocycles. The largest absolute Gasteiger partial charge is 0.464 e. The maximum absolute atomic E-state index is 13.3. The quantitative estimate of drug-likeness (QED) is 0.496. The van der Waals surface area contributed by atoms with E-state index in [1.54, 1.807) is 13.8 Å². The molecule has 17 heavy (non-hydrogen) atoms. The number of anilines is 2. The third-order valence-corrected chi connectivity index (χ3v) is 2.93. The highest BCUT2D eigenvalue weighted by atomic mass is 127. The van der Waals surface area contributed by atoms with Crippen LogP contribution in [0.4, 0.5) is 15.8 Å². The average Bonchev–Trinajstić information content (AvgIpc) is 2.26. The number of nitrogen functional groups attached to an aromatic ring is 1. The average molecular weight is 352 g/mol. The highest BCUT2D eigenvalue weighted by Crippen LogP contribution is 2.24. The molecular formula is C11H14FIN2O2. The number of ether oxygens (including phenoxy) is 1. The fourth-order valence-corrected chi connectivity index (χ4v) is 1.74. The molecule has 1 aromatic rings. The van der Waals surface area contributed by atoms with Gasteiger partial charge >= 0.3 is 5.97 Å². The van der Waals surface area contributed by atoms with Crippen LogP contribution in [-0.4, -0.2) is 18.6 Å². The maximum atomic E-state index is 13.3. The van der Waals surface area contributed by atoms with Gasteiger partial charge in [-0.2, -0.15) is 0 Å². The van der Waals surface area contributed by atoms with Crippen LogP contribution in [0.1, 0.15) is 13.8 Å². The minimum atomic E-state index is -0.572. The molecule has 1 atom stereocenters. The molecule has 1 unspecified atom stereocenters. The number of nitrogens with one attached hydrogen (secondary N) is 1. The lowest BCUT2D eigenvalue weighted by Crippen LogP contribution is -2.28. The molecule has 3 N–H and O–H groups in total. The van der Waals surface area contributed by atoms with E-state index in [1.807, 2.05) is 22.6 Å². The van der Waals surface area contributed by atoms with Gasteiger partial charge in [0.25, 0.3) is 0 Å². The highest BCUT2D eigenvalue weighted by molar-refractivity contribution is 14.1. The number of carbonyl (C=O) groups excluding carboxylic acids is 1. The summed E-state index contributed by atoms with van der Waals surface area (Å²) < 4.78 is 18.6. The van der Waals surface area contributed by atoms with E-state index in [0.29, 0.717) is 21.6 Å². The Hall–Kier alpha value is -1.05. The minimum Gasteiger partial charge on any atom is -0.464 e. The lowest BCUT2D eigenvalue weighted by atomic mass is 10.2. The second-order valence-electron chi connectivity index (χ2n) is 3.47. The smallest absolute Gasteiger partial charge is 0.328 e. The van der Waals surface area contributed by atoms with Crippen molar-refractivity contribution in [3.05, 3.63) is 21.5 Å². The molecule has 0 aliphatic carbocycles. The van der Waals surface area contributed by atoms with Gasteiger partial charge in [-0.3, -0.25) is 0 Å². The number of hydrogen-bond donors (Lipinski definition) is 2. The molecule has 0 aliphatic heterocycles. The summed E-state index contributed by atoms with van der Waals surface area (Å²) >= 11 is 1.85. The Balaban J connectivity index is 2.81. The molecule has 1 aromatic carbocycles. The molecule has 0 bridgehead atoms. The van der Waals surface area contributed by atoms with Crippen molar-refractivity contribution in [1.82, 2.24) is 0 Å². The fourth-order valence-electron chi connectivity index (χ4n) is 1.25. The third kappa shape index (κ3) is 3.72. The standard InChI is InChI=1S/C11H14FIN2O2/c1-3-17-11(16)6(2)15-10-4-7(12)8(13)5-9(10)14/h4-6,15H,3,14H2,1-2H3. The monoisotopic (exact) mass is 352 g/mol. The van der Waals surface area contributed by atoms with Crippen LogP contribution >= 0.6 is 22.6 Å². The van der Waals surface area contributed by atoms with Crippen LogP contribution in [0.5, 0.6) is 0 Å². The topological polar surface area (TPSA) is 64.3 Å². The molecule has 0 radical (unpaired) electrons. The molecule has 0 aromatic heterocycles. The first-order valence-electron chi connectivity index (χ1n) is 5.13. The number of hydrogen-bond acceptors (Lipinski definition) is 4. The fraction of sp³-hybridized carbons (Fsp3) is 0.364. The first-order valence-corrected chi connectivity index (χ1v) is 6.21. The van der Waals surface area contributed by atoms with E-state index in [1.165, 1.54) is 12.1 Å². The van der Waals surface area contributed by atoms with E-state index < -0.39 is 12.0 Å². The molecule has 0 aliphatic rings. The van der Waals surface area contributed by atoms with Crippen molar-refractivity contribution in [2.45, 2.75) is 19.9 Å². The predicted molar refractivity (Wildman–Crippen MR) is 73.2 cm³/mol. The van der Waals surface area contributed by atoms with E-state index in [9.17, 15) is 9.18 Å². The minimum absolute atomic E-state index is 0.307. The Kier molecular flexibility index (Phi) is 4.98. The zero-order valence-electron chi connectivity index (χ0n) is 9.59. The number of halogens is 2. The van der Waals surface area contributed by atoms with Gasteiger partial charge < -0.3 is 15.8 Å². The van der Waals surface area contributed by atoms with E-state index in [0.717, 1.165) is 0 Å². The highest BCUT2D eigenvalue weighted by Gasteiger charge is 2.15. The summed E-state index contributed by atoms with van der Waals surface area (Å²) in [6.45, 7) is 3.66. The zero-order valence-corrected chi connectivity index (χ0v) is 11.7. The summed E-state index contributed by atoms with van der Waals surface area (Å²) in [6, 6.07) is 2.21. The van der Waals surface area contributed by atoms with Crippen molar-refractivity contribution in [3.8, 4) is 0 Å². The molecule has 0 saturated heterocycles. The molecule has 0 amide bonds. The summed E-state index contributed by atoms with van der Waals surface area (Å²) in [5, 5.41) is 2.82. The molecule has 0 spiro atoms. The number of nitrogens with two attached hydrogens (primary N) is 1. The molecular weight excluding hydrogens is 338 g/mol. The SMILES string of the molecule is CCOC(=O)C(C)Nc1cc(F)c(I)cc1N. The van der Waals surface area contributed by atoms with Crippen molar-refractivity contribution >= 4 is 39.9 Å². The number of benzene rings is 1. The number of esters is 1. The number of carbonyl (C=O) groups is 1. The van der Waals surface area contributed by atoms with Gasteiger partial charge in [0.1, 0.15) is 11.9 Å². The second kappa shape index (κ2) is 6.04. The van der Waals surface area contributed by atoms with Crippen molar-refractivity contribution < 1.29 is 13.9 Å². The van der Waals surface area contributed by atoms with Gasteiger partial charge in [-0.15, -0.1) is 0 Å². The van der Waals surface area contributed by atoms with Crippen LogP contribution in [0.15, 0.2) is 12.1 Å². The molecule has 1 rings (SSSR count). The molecule has 0 fully saturated rings. The molecule has 94 valence electrons. The molecule has 4 nitrogen and oxygen atoms in total. The maximum Gasteiger partial charge on any atom is 0.328 e. The zero-order chi connectivity index (χ0) is 13.0. The van der Waals surface area contributed by atoms with Gasteiger partial charge in [0.15, 0.2) is 0 Å². The Morgan fingerprint density at radius 1 is 1.65 bits per heavy atom. The Morgan fingerprint density at radius 2 is 2.29 bits per heavy atom. The second-order valence-corrected chi connectivity index (χ2v) is 4.63. The van der Waals surface area contributed by atoms with Crippen molar-refractivity contribution in [2.24, 2.45) is 0 Å². The van der Waals surface area contributed by atoms with E-state index >= 15 is 0 Å². The first kappa shape index (κ1) is 14.0. The van der Waals surface area contributed by atoms with Crippen LogP contribution in [-0.2, 0) is 9.53 Å². The van der Waals surface area contributed by atoms with E-state index in [4.69, 9.17) is 10.5 Å². The normalized spacial score (nSPS) is 12.0. The van der Waals surface area contributed by atoms with Gasteiger partial charge in [-0.1, -0.05) is 0 Å². The van der Waals surface area contributed by atoms with Gasteiger partial charge in [-0.25, -0.2) is 9.18 Å². The van der Waals surface area contributed by atoms with Gasteiger partial charge in [0.2, 0.25) is 0 Å². The number of rotatable bonds is 4. The molecule has 0 heterocycles. The summed E-state index contributed by atoms with van der Waals surface area (Å²) in [5.41, 5.74) is 6.51. The lowest BCUT2D eigenvalue weighted by Gasteiger charge is -2.15. The van der Waals surface area contributed by atoms with E-state index in [2.05, 4.69) is 5.32 Å². The van der Waals surface area contributed by atoms with E-state index in [-0.39, 0.29) is 5.82 Å². The van der Waals surface area contributed by atoms with Gasteiger partial charge in [-0.05, 0) is 42.5 Å². The van der Waals surface area contributed by atoms with Crippen molar-refractivity contribution in [3.63, 3.8) is 0 Å². The summed E-state index contributed by atoms with van der Waals surface area (Å²) in [5.74, 6) is -0.774. The van der Waals surface area contributed by atoms with Gasteiger partial charge in [0, 0.05) is 6.07 Å². The van der Waals surface area contributed by atoms with Gasteiger partial charge in [0.05, 0.1) is 21.6 Å². The van der Waals surface area contributed by atoms with Crippen LogP contribution < -0.4 is 11.1 Å². The first-order chi connectivity index (χ1) is 7.95. The van der Waals surface area contributed by atoms with Crippen molar-refractivity contribution in [1.29, 1.82) is 0 Å².